The molecule has 1 unspecified atom stereocenters. The van der Waals surface area contributed by atoms with E-state index >= 15 is 0 Å². The maximum absolute atomic E-state index is 13.5. The van der Waals surface area contributed by atoms with Crippen molar-refractivity contribution in [3.8, 4) is 0 Å². The van der Waals surface area contributed by atoms with E-state index in [1.807, 2.05) is 13.0 Å². The lowest BCUT2D eigenvalue weighted by Gasteiger charge is -2.26. The number of nitrogens with one attached hydrogen (secondary N) is 1. The summed E-state index contributed by atoms with van der Waals surface area (Å²) in [5.74, 6) is -0.297. The van der Waals surface area contributed by atoms with Crippen LogP contribution in [-0.4, -0.2) is 19.1 Å². The number of methoxy groups -OCH3 is 1. The van der Waals surface area contributed by atoms with E-state index in [0.29, 0.717) is 5.69 Å². The SMILES string of the molecule is COC(=O)C(Nc1cc(C)cc(F)c1)C1CCCCCC1. The second kappa shape index (κ2) is 7.43. The molecule has 4 heteroatoms. The van der Waals surface area contributed by atoms with Gasteiger partial charge in [0, 0.05) is 5.69 Å². The molecule has 21 heavy (non-hydrogen) atoms. The Labute approximate surface area is 125 Å². The molecule has 0 heterocycles. The molecule has 1 fully saturated rings. The van der Waals surface area contributed by atoms with Gasteiger partial charge in [0.25, 0.3) is 0 Å². The fourth-order valence-corrected chi connectivity index (χ4v) is 3.14. The van der Waals surface area contributed by atoms with Crippen molar-refractivity contribution in [1.82, 2.24) is 0 Å². The molecule has 116 valence electrons. The van der Waals surface area contributed by atoms with Crippen LogP contribution in [0.5, 0.6) is 0 Å². The van der Waals surface area contributed by atoms with Gasteiger partial charge >= 0.3 is 5.97 Å². The largest absolute Gasteiger partial charge is 0.467 e. The molecule has 0 aliphatic heterocycles. The zero-order valence-electron chi connectivity index (χ0n) is 12.8. The van der Waals surface area contributed by atoms with Crippen molar-refractivity contribution in [2.24, 2.45) is 5.92 Å². The molecule has 0 spiro atoms. The van der Waals surface area contributed by atoms with Gasteiger partial charge in [0.15, 0.2) is 0 Å². The first-order chi connectivity index (χ1) is 10.1. The smallest absolute Gasteiger partial charge is 0.328 e. The quantitative estimate of drug-likeness (QED) is 0.672. The number of carbonyl (C=O) groups is 1. The summed E-state index contributed by atoms with van der Waals surface area (Å²) in [5, 5.41) is 3.19. The van der Waals surface area contributed by atoms with Gasteiger partial charge in [-0.3, -0.25) is 0 Å². The topological polar surface area (TPSA) is 38.3 Å². The minimum atomic E-state index is -0.394. The van der Waals surface area contributed by atoms with Gasteiger partial charge in [0.2, 0.25) is 0 Å². The Morgan fingerprint density at radius 1 is 1.24 bits per heavy atom. The van der Waals surface area contributed by atoms with Crippen molar-refractivity contribution in [2.75, 3.05) is 12.4 Å². The lowest BCUT2D eigenvalue weighted by atomic mass is 9.91. The summed E-state index contributed by atoms with van der Waals surface area (Å²) < 4.78 is 18.5. The highest BCUT2D eigenvalue weighted by molar-refractivity contribution is 5.79. The van der Waals surface area contributed by atoms with Crippen LogP contribution in [0.25, 0.3) is 0 Å². The number of hydrogen-bond acceptors (Lipinski definition) is 3. The standard InChI is InChI=1S/C17H24FNO2/c1-12-9-14(18)11-15(10-12)19-16(17(20)21-2)13-7-5-3-4-6-8-13/h9-11,13,16,19H,3-8H2,1-2H3. The van der Waals surface area contributed by atoms with Crippen LogP contribution >= 0.6 is 0 Å². The van der Waals surface area contributed by atoms with Gasteiger partial charge in [0.1, 0.15) is 11.9 Å². The van der Waals surface area contributed by atoms with Crippen LogP contribution in [-0.2, 0) is 9.53 Å². The molecular weight excluding hydrogens is 269 g/mol. The van der Waals surface area contributed by atoms with Gasteiger partial charge in [-0.25, -0.2) is 9.18 Å². The van der Waals surface area contributed by atoms with E-state index in [-0.39, 0.29) is 17.7 Å². The Kier molecular flexibility index (Phi) is 5.59. The first-order valence-electron chi connectivity index (χ1n) is 7.71. The summed E-state index contributed by atoms with van der Waals surface area (Å²) in [6, 6.07) is 4.37. The Morgan fingerprint density at radius 2 is 1.90 bits per heavy atom. The molecule has 0 radical (unpaired) electrons. The maximum Gasteiger partial charge on any atom is 0.328 e. The van der Waals surface area contributed by atoms with Crippen molar-refractivity contribution < 1.29 is 13.9 Å². The summed E-state index contributed by atoms with van der Waals surface area (Å²) >= 11 is 0. The van der Waals surface area contributed by atoms with Crippen LogP contribution in [0.1, 0.15) is 44.1 Å². The zero-order chi connectivity index (χ0) is 15.2. The second-order valence-corrected chi connectivity index (χ2v) is 5.91. The number of ether oxygens (including phenoxy) is 1. The number of benzene rings is 1. The van der Waals surface area contributed by atoms with Crippen LogP contribution in [0, 0.1) is 18.7 Å². The molecule has 0 bridgehead atoms. The summed E-state index contributed by atoms with van der Waals surface area (Å²) in [4.78, 5) is 12.1. The van der Waals surface area contributed by atoms with Crippen molar-refractivity contribution in [3.63, 3.8) is 0 Å². The van der Waals surface area contributed by atoms with Crippen LogP contribution < -0.4 is 5.32 Å². The average molecular weight is 293 g/mol. The van der Waals surface area contributed by atoms with Gasteiger partial charge in [-0.2, -0.15) is 0 Å². The van der Waals surface area contributed by atoms with Crippen molar-refractivity contribution >= 4 is 11.7 Å². The summed E-state index contributed by atoms with van der Waals surface area (Å²) in [5.41, 5.74) is 1.48. The lowest BCUT2D eigenvalue weighted by Crippen LogP contribution is -2.38. The van der Waals surface area contributed by atoms with Crippen molar-refractivity contribution in [3.05, 3.63) is 29.6 Å². The second-order valence-electron chi connectivity index (χ2n) is 5.91. The normalized spacial score (nSPS) is 17.9. The number of aryl methyl sites for hydroxylation is 1. The highest BCUT2D eigenvalue weighted by Gasteiger charge is 2.29. The summed E-state index contributed by atoms with van der Waals surface area (Å²) in [7, 11) is 1.41. The molecule has 1 aromatic carbocycles. The van der Waals surface area contributed by atoms with Crippen LogP contribution in [0.15, 0.2) is 18.2 Å². The predicted octanol–water partition coefficient (Wildman–Crippen LogP) is 4.06. The molecular formula is C17H24FNO2. The van der Waals surface area contributed by atoms with E-state index in [4.69, 9.17) is 4.74 Å². The van der Waals surface area contributed by atoms with Crippen LogP contribution in [0.3, 0.4) is 0 Å². The molecule has 1 N–H and O–H groups in total. The highest BCUT2D eigenvalue weighted by Crippen LogP contribution is 2.28. The molecule has 1 atom stereocenters. The lowest BCUT2D eigenvalue weighted by molar-refractivity contribution is -0.142. The van der Waals surface area contributed by atoms with E-state index in [1.165, 1.54) is 32.1 Å². The van der Waals surface area contributed by atoms with Crippen LogP contribution in [0.2, 0.25) is 0 Å². The third kappa shape index (κ3) is 4.45. The molecule has 0 amide bonds. The van der Waals surface area contributed by atoms with Crippen molar-refractivity contribution in [2.45, 2.75) is 51.5 Å². The Morgan fingerprint density at radius 3 is 2.48 bits per heavy atom. The summed E-state index contributed by atoms with van der Waals surface area (Å²) in [6.45, 7) is 1.84. The van der Waals surface area contributed by atoms with E-state index in [2.05, 4.69) is 5.32 Å². The Balaban J connectivity index is 2.17. The van der Waals surface area contributed by atoms with Crippen molar-refractivity contribution in [1.29, 1.82) is 0 Å². The first kappa shape index (κ1) is 15.8. The molecule has 3 nitrogen and oxygen atoms in total. The van der Waals surface area contributed by atoms with Gasteiger partial charge in [0.05, 0.1) is 7.11 Å². The van der Waals surface area contributed by atoms with Gasteiger partial charge in [-0.15, -0.1) is 0 Å². The van der Waals surface area contributed by atoms with Crippen LogP contribution in [0.4, 0.5) is 10.1 Å². The predicted molar refractivity (Wildman–Crippen MR) is 81.8 cm³/mol. The monoisotopic (exact) mass is 293 g/mol. The highest BCUT2D eigenvalue weighted by atomic mass is 19.1. The first-order valence-corrected chi connectivity index (χ1v) is 7.71. The van der Waals surface area contributed by atoms with E-state index < -0.39 is 6.04 Å². The molecule has 1 saturated carbocycles. The van der Waals surface area contributed by atoms with E-state index in [0.717, 1.165) is 31.2 Å². The molecule has 2 rings (SSSR count). The molecule has 1 aliphatic carbocycles. The third-order valence-corrected chi connectivity index (χ3v) is 4.19. The number of hydrogen-bond donors (Lipinski definition) is 1. The maximum atomic E-state index is 13.5. The van der Waals surface area contributed by atoms with Gasteiger partial charge < -0.3 is 10.1 Å². The number of anilines is 1. The van der Waals surface area contributed by atoms with E-state index in [9.17, 15) is 9.18 Å². The number of carbonyl (C=O) groups excluding carboxylic acids is 1. The average Bonchev–Trinajstić information content (AvgIpc) is 2.72. The van der Waals surface area contributed by atoms with Gasteiger partial charge in [-0.05, 0) is 49.4 Å². The fourth-order valence-electron chi connectivity index (χ4n) is 3.14. The molecule has 1 aromatic rings. The Hall–Kier alpha value is -1.58. The minimum Gasteiger partial charge on any atom is -0.467 e. The number of esters is 1. The summed E-state index contributed by atoms with van der Waals surface area (Å²) in [6.07, 6.45) is 6.76. The Bertz CT molecular complexity index is 461. The van der Waals surface area contributed by atoms with E-state index in [1.54, 1.807) is 0 Å². The molecule has 0 saturated heterocycles. The zero-order valence-corrected chi connectivity index (χ0v) is 12.8. The minimum absolute atomic E-state index is 0.253. The van der Waals surface area contributed by atoms with Gasteiger partial charge in [-0.1, -0.05) is 25.7 Å². The fraction of sp³-hybridized carbons (Fsp3) is 0.588. The number of halogens is 1. The third-order valence-electron chi connectivity index (χ3n) is 4.19. The molecule has 0 aromatic heterocycles. The molecule has 1 aliphatic rings. The number of rotatable bonds is 4.